The van der Waals surface area contributed by atoms with Crippen molar-refractivity contribution in [2.45, 2.75) is 38.9 Å². The first-order valence-electron chi connectivity index (χ1n) is 11.2. The first-order valence-corrected chi connectivity index (χ1v) is 11.5. The standard InChI is InChI=1S/C25H27ClF3N5O/c1-16-7-5-14-34(20(16)15-33-21(30-3)11-10-17(2)25(27,28)29)24(35)18-8-4-9-19(26)22(18)23-31-12-6-13-32-23/h4,6,8-13,16,20,33H,3,5,7,14-15H2,1-2H3/b17-10+,21-11+/t16-,20-/m1/s1. The largest absolute Gasteiger partial charge is 0.412 e. The van der Waals surface area contributed by atoms with Crippen LogP contribution in [0, 0.1) is 5.92 Å². The van der Waals surface area contributed by atoms with E-state index < -0.39 is 11.7 Å². The van der Waals surface area contributed by atoms with E-state index in [4.69, 9.17) is 11.6 Å². The Morgan fingerprint density at radius 1 is 1.29 bits per heavy atom. The van der Waals surface area contributed by atoms with Crippen LogP contribution in [0.2, 0.25) is 5.02 Å². The Balaban J connectivity index is 1.86. The Morgan fingerprint density at radius 2 is 2.00 bits per heavy atom. The summed E-state index contributed by atoms with van der Waals surface area (Å²) in [6.45, 7) is 7.30. The van der Waals surface area contributed by atoms with Crippen molar-refractivity contribution in [3.63, 3.8) is 0 Å². The van der Waals surface area contributed by atoms with E-state index in [1.54, 1.807) is 41.6 Å². The lowest BCUT2D eigenvalue weighted by Crippen LogP contribution is -2.52. The number of hydrogen-bond acceptors (Lipinski definition) is 5. The molecule has 3 rings (SSSR count). The van der Waals surface area contributed by atoms with Gasteiger partial charge < -0.3 is 10.2 Å². The molecule has 35 heavy (non-hydrogen) atoms. The highest BCUT2D eigenvalue weighted by molar-refractivity contribution is 6.34. The average Bonchev–Trinajstić information content (AvgIpc) is 2.84. The van der Waals surface area contributed by atoms with Gasteiger partial charge in [-0.2, -0.15) is 13.2 Å². The highest BCUT2D eigenvalue weighted by atomic mass is 35.5. The summed E-state index contributed by atoms with van der Waals surface area (Å²) in [6.07, 6.45) is 2.67. The van der Waals surface area contributed by atoms with Crippen molar-refractivity contribution in [1.82, 2.24) is 20.2 Å². The molecule has 10 heteroatoms. The van der Waals surface area contributed by atoms with Gasteiger partial charge in [0.2, 0.25) is 0 Å². The molecule has 0 spiro atoms. The van der Waals surface area contributed by atoms with Crippen LogP contribution >= 0.6 is 11.6 Å². The zero-order valence-corrected chi connectivity index (χ0v) is 20.3. The van der Waals surface area contributed by atoms with E-state index in [0.717, 1.165) is 25.8 Å². The van der Waals surface area contributed by atoms with Crippen LogP contribution in [0.5, 0.6) is 0 Å². The highest BCUT2D eigenvalue weighted by Gasteiger charge is 2.34. The van der Waals surface area contributed by atoms with Crippen molar-refractivity contribution in [2.75, 3.05) is 13.1 Å². The lowest BCUT2D eigenvalue weighted by atomic mass is 9.89. The lowest BCUT2D eigenvalue weighted by Gasteiger charge is -2.40. The molecule has 2 aromatic rings. The van der Waals surface area contributed by atoms with Gasteiger partial charge in [-0.1, -0.05) is 30.7 Å². The molecule has 186 valence electrons. The van der Waals surface area contributed by atoms with Gasteiger partial charge in [0, 0.05) is 31.1 Å². The number of rotatable bonds is 7. The monoisotopic (exact) mass is 505 g/mol. The SMILES string of the molecule is C=N/C(=C\C=C(/C)C(F)(F)F)NC[C@@H]1[C@H](C)CCCN1C(=O)c1cccc(Cl)c1-c1ncccn1. The molecule has 1 amide bonds. The minimum absolute atomic E-state index is 0.148. The number of halogens is 4. The molecular weight excluding hydrogens is 479 g/mol. The zero-order chi connectivity index (χ0) is 25.6. The Hall–Kier alpha value is -3.20. The van der Waals surface area contributed by atoms with E-state index in [-0.39, 0.29) is 23.7 Å². The number of allylic oxidation sites excluding steroid dienone is 3. The van der Waals surface area contributed by atoms with Gasteiger partial charge >= 0.3 is 6.18 Å². The summed E-state index contributed by atoms with van der Waals surface area (Å²) >= 11 is 6.45. The maximum absolute atomic E-state index is 13.7. The van der Waals surface area contributed by atoms with Crippen LogP contribution in [-0.4, -0.2) is 52.8 Å². The average molecular weight is 506 g/mol. The van der Waals surface area contributed by atoms with Crippen LogP contribution in [0.3, 0.4) is 0 Å². The number of nitrogens with one attached hydrogen (secondary N) is 1. The van der Waals surface area contributed by atoms with Gasteiger partial charge in [-0.15, -0.1) is 0 Å². The predicted octanol–water partition coefficient (Wildman–Crippen LogP) is 5.68. The molecule has 2 heterocycles. The number of benzene rings is 1. The minimum Gasteiger partial charge on any atom is -0.368 e. The fourth-order valence-corrected chi connectivity index (χ4v) is 4.26. The third kappa shape index (κ3) is 6.48. The fourth-order valence-electron chi connectivity index (χ4n) is 4.00. The summed E-state index contributed by atoms with van der Waals surface area (Å²) < 4.78 is 38.4. The second-order valence-electron chi connectivity index (χ2n) is 8.36. The molecule has 0 unspecified atom stereocenters. The van der Waals surface area contributed by atoms with Crippen LogP contribution in [0.25, 0.3) is 11.4 Å². The van der Waals surface area contributed by atoms with Gasteiger partial charge in [0.1, 0.15) is 5.82 Å². The summed E-state index contributed by atoms with van der Waals surface area (Å²) in [6, 6.07) is 6.55. The minimum atomic E-state index is -4.42. The molecule has 0 radical (unpaired) electrons. The number of piperidine rings is 1. The second kappa shape index (κ2) is 11.5. The van der Waals surface area contributed by atoms with E-state index in [2.05, 4.69) is 27.0 Å². The number of likely N-dealkylation sites (tertiary alicyclic amines) is 1. The number of carbonyl (C=O) groups excluding carboxylic acids is 1. The first kappa shape index (κ1) is 26.4. The molecule has 0 bridgehead atoms. The number of carbonyl (C=O) groups is 1. The van der Waals surface area contributed by atoms with E-state index in [1.165, 1.54) is 6.08 Å². The Morgan fingerprint density at radius 3 is 2.66 bits per heavy atom. The number of hydrogen-bond donors (Lipinski definition) is 1. The topological polar surface area (TPSA) is 70.5 Å². The van der Waals surface area contributed by atoms with E-state index >= 15 is 0 Å². The van der Waals surface area contributed by atoms with Crippen LogP contribution < -0.4 is 5.32 Å². The number of alkyl halides is 3. The summed E-state index contributed by atoms with van der Waals surface area (Å²) in [7, 11) is 0. The van der Waals surface area contributed by atoms with Crippen molar-refractivity contribution in [1.29, 1.82) is 0 Å². The van der Waals surface area contributed by atoms with Crippen LogP contribution in [0.15, 0.2) is 65.2 Å². The quantitative estimate of drug-likeness (QED) is 0.388. The predicted molar refractivity (Wildman–Crippen MR) is 131 cm³/mol. The fraction of sp³-hybridized carbons (Fsp3) is 0.360. The summed E-state index contributed by atoms with van der Waals surface area (Å²) in [5, 5.41) is 3.42. The molecule has 2 atom stereocenters. The van der Waals surface area contributed by atoms with E-state index in [0.29, 0.717) is 35.1 Å². The molecule has 1 aliphatic rings. The van der Waals surface area contributed by atoms with Gasteiger partial charge in [-0.3, -0.25) is 4.79 Å². The number of aromatic nitrogens is 2. The smallest absolute Gasteiger partial charge is 0.368 e. The third-order valence-electron chi connectivity index (χ3n) is 6.01. The van der Waals surface area contributed by atoms with Crippen molar-refractivity contribution in [3.8, 4) is 11.4 Å². The maximum atomic E-state index is 13.7. The maximum Gasteiger partial charge on any atom is 0.412 e. The van der Waals surface area contributed by atoms with Gasteiger partial charge in [-0.05, 0) is 56.7 Å². The molecule has 1 saturated heterocycles. The van der Waals surface area contributed by atoms with Crippen molar-refractivity contribution in [2.24, 2.45) is 10.9 Å². The van der Waals surface area contributed by atoms with E-state index in [1.807, 2.05) is 6.92 Å². The van der Waals surface area contributed by atoms with Crippen molar-refractivity contribution < 1.29 is 18.0 Å². The Labute approximate surface area is 207 Å². The second-order valence-corrected chi connectivity index (χ2v) is 8.77. The van der Waals surface area contributed by atoms with Gasteiger partial charge in [0.15, 0.2) is 5.82 Å². The molecule has 1 aliphatic heterocycles. The summed E-state index contributed by atoms with van der Waals surface area (Å²) in [5.41, 5.74) is 0.106. The number of aliphatic imine (C=N–C) groups is 1. The highest BCUT2D eigenvalue weighted by Crippen LogP contribution is 2.32. The summed E-state index contributed by atoms with van der Waals surface area (Å²) in [5.74, 6) is 0.488. The molecule has 6 nitrogen and oxygen atoms in total. The first-order chi connectivity index (χ1) is 16.6. The van der Waals surface area contributed by atoms with Gasteiger partial charge in [-0.25, -0.2) is 15.0 Å². The molecule has 1 N–H and O–H groups in total. The van der Waals surface area contributed by atoms with Gasteiger partial charge in [0.05, 0.1) is 22.2 Å². The lowest BCUT2D eigenvalue weighted by molar-refractivity contribution is -0.0913. The van der Waals surface area contributed by atoms with Crippen LogP contribution in [0.4, 0.5) is 13.2 Å². The van der Waals surface area contributed by atoms with Crippen molar-refractivity contribution >= 4 is 24.2 Å². The molecule has 0 aliphatic carbocycles. The van der Waals surface area contributed by atoms with Gasteiger partial charge in [0.25, 0.3) is 5.91 Å². The zero-order valence-electron chi connectivity index (χ0n) is 19.5. The van der Waals surface area contributed by atoms with Crippen molar-refractivity contribution in [3.05, 3.63) is 70.8 Å². The Bertz CT molecular complexity index is 1120. The molecule has 1 fully saturated rings. The molecular formula is C25H27ClF3N5O. The molecule has 1 aromatic carbocycles. The van der Waals surface area contributed by atoms with Crippen LogP contribution in [-0.2, 0) is 0 Å². The number of amides is 1. The Kier molecular flexibility index (Phi) is 8.67. The summed E-state index contributed by atoms with van der Waals surface area (Å²) in [4.78, 5) is 27.8. The molecule has 1 aromatic heterocycles. The molecule has 0 saturated carbocycles. The normalized spacial score (nSPS) is 19.4. The third-order valence-corrected chi connectivity index (χ3v) is 6.33. The van der Waals surface area contributed by atoms with Crippen LogP contribution in [0.1, 0.15) is 37.0 Å². The van der Waals surface area contributed by atoms with E-state index in [9.17, 15) is 18.0 Å². The number of nitrogens with zero attached hydrogens (tertiary/aromatic N) is 4.